The predicted molar refractivity (Wildman–Crippen MR) is 113 cm³/mol. The van der Waals surface area contributed by atoms with Crippen molar-refractivity contribution in [1.29, 1.82) is 0 Å². The Bertz CT molecular complexity index is 941. The zero-order valence-corrected chi connectivity index (χ0v) is 17.4. The van der Waals surface area contributed by atoms with Crippen LogP contribution in [-0.2, 0) is 12.6 Å². The van der Waals surface area contributed by atoms with Crippen LogP contribution in [0, 0.1) is 3.57 Å². The summed E-state index contributed by atoms with van der Waals surface area (Å²) in [6.07, 6.45) is -2.84. The van der Waals surface area contributed by atoms with Crippen molar-refractivity contribution in [3.05, 3.63) is 69.4 Å². The molecule has 4 nitrogen and oxygen atoms in total. The first-order valence-corrected chi connectivity index (χ1v) is 9.65. The van der Waals surface area contributed by atoms with Crippen molar-refractivity contribution in [2.45, 2.75) is 19.5 Å². The molecule has 0 amide bonds. The van der Waals surface area contributed by atoms with Gasteiger partial charge in [0.2, 0.25) is 5.95 Å². The molecule has 0 spiro atoms. The van der Waals surface area contributed by atoms with Crippen LogP contribution in [-0.4, -0.2) is 17.0 Å². The highest BCUT2D eigenvalue weighted by Crippen LogP contribution is 2.36. The zero-order chi connectivity index (χ0) is 20.3. The molecule has 1 aromatic heterocycles. The SMILES string of the molecule is CCc1ccc(N(C)c2ncc(C(F)(F)F)c(Nc3ccc(I)cc3)n2)cc1. The van der Waals surface area contributed by atoms with Crippen LogP contribution < -0.4 is 10.2 Å². The van der Waals surface area contributed by atoms with E-state index in [2.05, 4.69) is 44.8 Å². The van der Waals surface area contributed by atoms with Gasteiger partial charge in [-0.2, -0.15) is 18.2 Å². The minimum Gasteiger partial charge on any atom is -0.340 e. The quantitative estimate of drug-likeness (QED) is 0.427. The van der Waals surface area contributed by atoms with E-state index in [-0.39, 0.29) is 11.8 Å². The summed E-state index contributed by atoms with van der Waals surface area (Å²) in [6.45, 7) is 2.06. The lowest BCUT2D eigenvalue weighted by atomic mass is 10.1. The number of aromatic nitrogens is 2. The zero-order valence-electron chi connectivity index (χ0n) is 15.3. The van der Waals surface area contributed by atoms with Gasteiger partial charge in [0.1, 0.15) is 11.4 Å². The Morgan fingerprint density at radius 1 is 1.04 bits per heavy atom. The lowest BCUT2D eigenvalue weighted by molar-refractivity contribution is -0.137. The van der Waals surface area contributed by atoms with E-state index in [0.29, 0.717) is 5.69 Å². The summed E-state index contributed by atoms with van der Waals surface area (Å²) in [7, 11) is 1.72. The summed E-state index contributed by atoms with van der Waals surface area (Å²) in [6, 6.07) is 14.8. The number of aryl methyl sites for hydroxylation is 1. The average Bonchev–Trinajstić information content (AvgIpc) is 2.68. The molecule has 0 bridgehead atoms. The summed E-state index contributed by atoms with van der Waals surface area (Å²) < 4.78 is 41.2. The number of benzene rings is 2. The molecule has 1 heterocycles. The number of alkyl halides is 3. The second-order valence-corrected chi connectivity index (χ2v) is 7.39. The van der Waals surface area contributed by atoms with Crippen molar-refractivity contribution in [3.8, 4) is 0 Å². The number of nitrogens with zero attached hydrogens (tertiary/aromatic N) is 3. The molecular weight excluding hydrogens is 480 g/mol. The van der Waals surface area contributed by atoms with Crippen LogP contribution in [0.2, 0.25) is 0 Å². The number of hydrogen-bond donors (Lipinski definition) is 1. The van der Waals surface area contributed by atoms with E-state index in [1.807, 2.05) is 24.3 Å². The molecule has 0 saturated heterocycles. The van der Waals surface area contributed by atoms with Gasteiger partial charge in [0.25, 0.3) is 0 Å². The summed E-state index contributed by atoms with van der Waals surface area (Å²) >= 11 is 2.13. The average molecular weight is 498 g/mol. The fraction of sp³-hybridized carbons (Fsp3) is 0.200. The number of halogens is 4. The van der Waals surface area contributed by atoms with Crippen molar-refractivity contribution in [2.75, 3.05) is 17.3 Å². The number of rotatable bonds is 5. The molecule has 3 rings (SSSR count). The summed E-state index contributed by atoms with van der Waals surface area (Å²) in [4.78, 5) is 9.74. The first-order chi connectivity index (χ1) is 13.3. The molecule has 1 N–H and O–H groups in total. The van der Waals surface area contributed by atoms with Crippen molar-refractivity contribution in [2.24, 2.45) is 0 Å². The maximum atomic E-state index is 13.4. The van der Waals surface area contributed by atoms with Gasteiger partial charge >= 0.3 is 6.18 Å². The molecule has 0 aliphatic heterocycles. The van der Waals surface area contributed by atoms with Gasteiger partial charge in [-0.25, -0.2) is 4.98 Å². The van der Waals surface area contributed by atoms with E-state index in [1.54, 1.807) is 36.2 Å². The molecule has 2 aromatic carbocycles. The van der Waals surface area contributed by atoms with E-state index in [4.69, 9.17) is 0 Å². The van der Waals surface area contributed by atoms with Crippen molar-refractivity contribution in [3.63, 3.8) is 0 Å². The van der Waals surface area contributed by atoms with E-state index in [1.165, 1.54) is 5.56 Å². The first kappa shape index (κ1) is 20.4. The monoisotopic (exact) mass is 498 g/mol. The van der Waals surface area contributed by atoms with Crippen LogP contribution in [0.5, 0.6) is 0 Å². The molecule has 8 heteroatoms. The standard InChI is InChI=1S/C20H18F3IN4/c1-3-13-4-10-16(11-5-13)28(2)19-25-12-17(20(21,22)23)18(27-19)26-15-8-6-14(24)7-9-15/h4-12H,3H2,1-2H3,(H,25,26,27). The highest BCUT2D eigenvalue weighted by molar-refractivity contribution is 14.1. The minimum atomic E-state index is -4.56. The lowest BCUT2D eigenvalue weighted by Gasteiger charge is -2.20. The van der Waals surface area contributed by atoms with Gasteiger partial charge in [-0.1, -0.05) is 19.1 Å². The second-order valence-electron chi connectivity index (χ2n) is 6.14. The third kappa shape index (κ3) is 4.73. The topological polar surface area (TPSA) is 41.1 Å². The van der Waals surface area contributed by atoms with Crippen LogP contribution >= 0.6 is 22.6 Å². The van der Waals surface area contributed by atoms with Crippen molar-refractivity contribution < 1.29 is 13.2 Å². The van der Waals surface area contributed by atoms with Gasteiger partial charge in [-0.15, -0.1) is 0 Å². The molecule has 0 atom stereocenters. The minimum absolute atomic E-state index is 0.172. The lowest BCUT2D eigenvalue weighted by Crippen LogP contribution is -2.17. The Morgan fingerprint density at radius 3 is 2.25 bits per heavy atom. The Balaban J connectivity index is 1.97. The molecule has 0 aliphatic carbocycles. The molecule has 28 heavy (non-hydrogen) atoms. The van der Waals surface area contributed by atoms with Crippen molar-refractivity contribution >= 4 is 45.7 Å². The first-order valence-electron chi connectivity index (χ1n) is 8.57. The van der Waals surface area contributed by atoms with E-state index >= 15 is 0 Å². The van der Waals surface area contributed by atoms with Crippen LogP contribution in [0.3, 0.4) is 0 Å². The molecule has 0 fully saturated rings. The molecule has 3 aromatic rings. The molecule has 0 saturated carbocycles. The van der Waals surface area contributed by atoms with Crippen LogP contribution in [0.15, 0.2) is 54.7 Å². The third-order valence-corrected chi connectivity index (χ3v) is 4.94. The van der Waals surface area contributed by atoms with Gasteiger partial charge in [0.05, 0.1) is 0 Å². The van der Waals surface area contributed by atoms with Crippen LogP contribution in [0.1, 0.15) is 18.1 Å². The predicted octanol–water partition coefficient (Wildman–Crippen LogP) is 6.17. The van der Waals surface area contributed by atoms with Gasteiger partial charge in [-0.05, 0) is 71.0 Å². The molecule has 0 unspecified atom stereocenters. The van der Waals surface area contributed by atoms with Crippen LogP contribution in [0.4, 0.5) is 36.3 Å². The largest absolute Gasteiger partial charge is 0.421 e. The highest BCUT2D eigenvalue weighted by Gasteiger charge is 2.35. The van der Waals surface area contributed by atoms with Gasteiger partial charge in [-0.3, -0.25) is 0 Å². The van der Waals surface area contributed by atoms with E-state index in [0.717, 1.165) is 21.9 Å². The Hall–Kier alpha value is -2.36. The maximum absolute atomic E-state index is 13.4. The summed E-state index contributed by atoms with van der Waals surface area (Å²) in [5, 5.41) is 2.77. The van der Waals surface area contributed by atoms with Crippen LogP contribution in [0.25, 0.3) is 0 Å². The maximum Gasteiger partial charge on any atom is 0.421 e. The third-order valence-electron chi connectivity index (χ3n) is 4.22. The molecule has 0 aliphatic rings. The molecular formula is C20H18F3IN4. The second kappa shape index (κ2) is 8.34. The Morgan fingerprint density at radius 2 is 1.68 bits per heavy atom. The fourth-order valence-electron chi connectivity index (χ4n) is 2.58. The smallest absolute Gasteiger partial charge is 0.340 e. The summed E-state index contributed by atoms with van der Waals surface area (Å²) in [5.74, 6) is -0.110. The molecule has 146 valence electrons. The van der Waals surface area contributed by atoms with E-state index < -0.39 is 11.7 Å². The number of hydrogen-bond acceptors (Lipinski definition) is 4. The number of anilines is 4. The normalized spacial score (nSPS) is 11.4. The Kier molecular flexibility index (Phi) is 6.07. The molecule has 0 radical (unpaired) electrons. The van der Waals surface area contributed by atoms with Gasteiger partial charge < -0.3 is 10.2 Å². The fourth-order valence-corrected chi connectivity index (χ4v) is 2.94. The number of nitrogens with one attached hydrogen (secondary N) is 1. The van der Waals surface area contributed by atoms with E-state index in [9.17, 15) is 13.2 Å². The summed E-state index contributed by atoms with van der Waals surface area (Å²) in [5.41, 5.74) is 1.57. The van der Waals surface area contributed by atoms with Crippen molar-refractivity contribution in [1.82, 2.24) is 9.97 Å². The Labute approximate surface area is 175 Å². The van der Waals surface area contributed by atoms with Gasteiger partial charge in [0.15, 0.2) is 0 Å². The highest BCUT2D eigenvalue weighted by atomic mass is 127. The van der Waals surface area contributed by atoms with Gasteiger partial charge in [0, 0.05) is 28.2 Å².